The summed E-state index contributed by atoms with van der Waals surface area (Å²) < 4.78 is 68.6. The van der Waals surface area contributed by atoms with Crippen molar-refractivity contribution in [1.82, 2.24) is 0 Å². The number of aliphatic hydroxyl groups excluding tert-OH is 1. The maximum Gasteiger partial charge on any atom is 0.472 e. The molecule has 17 nitrogen and oxygen atoms in total. The van der Waals surface area contributed by atoms with Crippen molar-refractivity contribution in [1.29, 1.82) is 0 Å². The van der Waals surface area contributed by atoms with E-state index in [0.29, 0.717) is 38.5 Å². The first-order valence-electron chi connectivity index (χ1n) is 42.1. The Balaban J connectivity index is 5.49. The van der Waals surface area contributed by atoms with Gasteiger partial charge in [0.05, 0.1) is 26.4 Å². The molecule has 0 fully saturated rings. The van der Waals surface area contributed by atoms with Crippen molar-refractivity contribution in [2.24, 2.45) is 0 Å². The second kappa shape index (κ2) is 80.0. The SMILES string of the molecule is CCCCC/C=C\C/C=C\C/C=C\C/C=C\C/C=C\CCC(=O)OC[C@H](COP(=O)(O)OCC(O)COP(=O)(O)OC[C@@H](COC(=O)CC/C=C\C/C=C\C/C=C\C/C=C\C/C=C\CCCCC)OC(=O)CCCCCCCCC/C=C\CCCCCC)OC(=O)CCCCCCCCC/C=C\CCCCCC. The lowest BCUT2D eigenvalue weighted by molar-refractivity contribution is -0.161. The lowest BCUT2D eigenvalue weighted by atomic mass is 10.1. The molecule has 19 heteroatoms. The highest BCUT2D eigenvalue weighted by molar-refractivity contribution is 7.47. The van der Waals surface area contributed by atoms with Crippen molar-refractivity contribution in [3.05, 3.63) is 146 Å². The largest absolute Gasteiger partial charge is 0.472 e. The molecule has 0 aromatic carbocycles. The summed E-state index contributed by atoms with van der Waals surface area (Å²) in [5, 5.41) is 10.7. The third kappa shape index (κ3) is 79.0. The second-order valence-corrected chi connectivity index (χ2v) is 30.6. The molecule has 0 heterocycles. The molecule has 0 radical (unpaired) electrons. The van der Waals surface area contributed by atoms with Gasteiger partial charge in [0.2, 0.25) is 0 Å². The molecule has 0 bridgehead atoms. The van der Waals surface area contributed by atoms with Gasteiger partial charge in [-0.25, -0.2) is 9.13 Å². The van der Waals surface area contributed by atoms with E-state index in [2.05, 4.69) is 149 Å². The van der Waals surface area contributed by atoms with Gasteiger partial charge in [-0.3, -0.25) is 37.3 Å². The van der Waals surface area contributed by atoms with Gasteiger partial charge in [0.25, 0.3) is 0 Å². The van der Waals surface area contributed by atoms with E-state index in [1.54, 1.807) is 0 Å². The standard InChI is InChI=1S/C89H150O17P2/c1-5-9-13-17-21-25-29-33-37-39-41-43-47-49-53-57-61-65-69-73-86(91)99-79-84(105-88(93)75-71-67-63-59-55-51-45-35-31-27-23-19-15-11-7-3)81-103-107(95,96)101-77-83(90)78-102-108(97,98)104-82-85(106-89(94)76-72-68-64-60-56-52-46-36-32-28-24-20-16-12-8-4)80-100-87(92)74-70-66-62-58-54-50-48-44-42-40-38-34-30-26-22-18-14-10-6-2/h21-22,25-28,31-34,37-38,41-44,49-50,53-54,61-62,65-66,83-85,90H,5-20,23-24,29-30,35-36,39-40,45-48,51-52,55-60,63-64,67-82H2,1-4H3,(H,95,96)(H,97,98)/b25-21-,26-22-,31-27-,32-28-,37-33-,38-34-,43-41-,44-42-,53-49-,54-50-,65-61-,66-62-/t84-,85-/m1/s1. The molecule has 108 heavy (non-hydrogen) atoms. The number of carbonyl (C=O) groups is 4. The van der Waals surface area contributed by atoms with Crippen molar-refractivity contribution in [2.45, 2.75) is 354 Å². The molecule has 0 amide bonds. The zero-order valence-electron chi connectivity index (χ0n) is 67.7. The van der Waals surface area contributed by atoms with E-state index in [1.165, 1.54) is 89.9 Å². The number of allylic oxidation sites excluding steroid dienone is 24. The fourth-order valence-electron chi connectivity index (χ4n) is 10.8. The molecule has 0 aliphatic carbocycles. The van der Waals surface area contributed by atoms with Crippen LogP contribution < -0.4 is 0 Å². The summed E-state index contributed by atoms with van der Waals surface area (Å²) >= 11 is 0. The van der Waals surface area contributed by atoms with Crippen LogP contribution in [0.15, 0.2) is 146 Å². The van der Waals surface area contributed by atoms with Crippen LogP contribution in [-0.2, 0) is 65.4 Å². The molecule has 0 rings (SSSR count). The monoisotopic (exact) mass is 1550 g/mol. The summed E-state index contributed by atoms with van der Waals surface area (Å²) in [7, 11) is -10.0. The minimum absolute atomic E-state index is 0.0330. The van der Waals surface area contributed by atoms with Crippen LogP contribution in [0.4, 0.5) is 0 Å². The maximum absolute atomic E-state index is 13.1. The average Bonchev–Trinajstić information content (AvgIpc) is 0.923. The number of phosphoric acid groups is 2. The van der Waals surface area contributed by atoms with E-state index in [0.717, 1.165) is 154 Å². The number of hydrogen-bond donors (Lipinski definition) is 3. The Morgan fingerprint density at radius 1 is 0.259 bits per heavy atom. The number of esters is 4. The van der Waals surface area contributed by atoms with E-state index in [1.807, 2.05) is 24.3 Å². The summed E-state index contributed by atoms with van der Waals surface area (Å²) in [5.41, 5.74) is 0. The molecule has 0 saturated carbocycles. The van der Waals surface area contributed by atoms with E-state index >= 15 is 0 Å². The second-order valence-electron chi connectivity index (χ2n) is 27.7. The van der Waals surface area contributed by atoms with Crippen molar-refractivity contribution in [3.8, 4) is 0 Å². The number of ether oxygens (including phenoxy) is 4. The highest BCUT2D eigenvalue weighted by Gasteiger charge is 2.30. The Morgan fingerprint density at radius 2 is 0.472 bits per heavy atom. The summed E-state index contributed by atoms with van der Waals surface area (Å²) in [6.07, 6.45) is 92.7. The van der Waals surface area contributed by atoms with Crippen molar-refractivity contribution in [2.75, 3.05) is 39.6 Å². The number of rotatable bonds is 78. The van der Waals surface area contributed by atoms with Gasteiger partial charge >= 0.3 is 39.5 Å². The van der Waals surface area contributed by atoms with Gasteiger partial charge in [0.15, 0.2) is 12.2 Å². The molecule has 618 valence electrons. The molecule has 0 saturated heterocycles. The van der Waals surface area contributed by atoms with Crippen LogP contribution in [0.5, 0.6) is 0 Å². The molecule has 3 N–H and O–H groups in total. The fourth-order valence-corrected chi connectivity index (χ4v) is 12.4. The molecular formula is C89H150O17P2. The van der Waals surface area contributed by atoms with Crippen LogP contribution in [0, 0.1) is 0 Å². The van der Waals surface area contributed by atoms with Gasteiger partial charge in [-0.15, -0.1) is 0 Å². The van der Waals surface area contributed by atoms with Gasteiger partial charge in [-0.1, -0.05) is 302 Å². The third-order valence-electron chi connectivity index (χ3n) is 17.3. The van der Waals surface area contributed by atoms with E-state index in [-0.39, 0.29) is 25.7 Å². The number of unbranched alkanes of at least 4 members (excludes halogenated alkanes) is 28. The summed E-state index contributed by atoms with van der Waals surface area (Å²) in [4.78, 5) is 73.1. The Bertz CT molecular complexity index is 2440. The summed E-state index contributed by atoms with van der Waals surface area (Å²) in [6.45, 7) is 4.64. The lowest BCUT2D eigenvalue weighted by Crippen LogP contribution is -2.30. The first-order chi connectivity index (χ1) is 52.7. The minimum atomic E-state index is -5.01. The van der Waals surface area contributed by atoms with E-state index in [9.17, 15) is 43.2 Å². The zero-order chi connectivity index (χ0) is 78.9. The zero-order valence-corrected chi connectivity index (χ0v) is 69.5. The van der Waals surface area contributed by atoms with Crippen molar-refractivity contribution < 1.29 is 80.2 Å². The quantitative estimate of drug-likeness (QED) is 0.0169. The average molecular weight is 1550 g/mol. The Kier molecular flexibility index (Phi) is 76.3. The molecule has 0 aromatic heterocycles. The molecule has 0 spiro atoms. The molecule has 0 aliphatic heterocycles. The fraction of sp³-hybridized carbons (Fsp3) is 0.685. The minimum Gasteiger partial charge on any atom is -0.462 e. The molecule has 0 aliphatic rings. The molecular weight excluding hydrogens is 1400 g/mol. The van der Waals surface area contributed by atoms with Crippen LogP contribution in [-0.4, -0.2) is 96.7 Å². The number of aliphatic hydroxyl groups is 1. The van der Waals surface area contributed by atoms with E-state index in [4.69, 9.17) is 37.0 Å². The third-order valence-corrected chi connectivity index (χ3v) is 19.2. The predicted molar refractivity (Wildman–Crippen MR) is 445 cm³/mol. The van der Waals surface area contributed by atoms with Crippen molar-refractivity contribution >= 4 is 39.5 Å². The van der Waals surface area contributed by atoms with Gasteiger partial charge in [-0.2, -0.15) is 0 Å². The molecule has 4 atom stereocenters. The van der Waals surface area contributed by atoms with Crippen LogP contribution >= 0.6 is 15.6 Å². The topological polar surface area (TPSA) is 237 Å². The normalized spacial score (nSPS) is 14.5. The van der Waals surface area contributed by atoms with E-state index < -0.39 is 97.5 Å². The highest BCUT2D eigenvalue weighted by Crippen LogP contribution is 2.45. The van der Waals surface area contributed by atoms with Crippen LogP contribution in [0.1, 0.15) is 336 Å². The van der Waals surface area contributed by atoms with Gasteiger partial charge in [0.1, 0.15) is 19.3 Å². The number of hydrogen-bond acceptors (Lipinski definition) is 15. The Hall–Kier alpha value is -5.06. The van der Waals surface area contributed by atoms with Crippen LogP contribution in [0.2, 0.25) is 0 Å². The number of carbonyl (C=O) groups excluding carboxylic acids is 4. The smallest absolute Gasteiger partial charge is 0.462 e. The lowest BCUT2D eigenvalue weighted by Gasteiger charge is -2.21. The Morgan fingerprint density at radius 3 is 0.759 bits per heavy atom. The summed E-state index contributed by atoms with van der Waals surface area (Å²) in [6, 6.07) is 0. The maximum atomic E-state index is 13.1. The molecule has 2 unspecified atom stereocenters. The molecule has 0 aromatic rings. The van der Waals surface area contributed by atoms with Gasteiger partial charge in [-0.05, 0) is 154 Å². The van der Waals surface area contributed by atoms with Gasteiger partial charge in [0, 0.05) is 25.7 Å². The predicted octanol–water partition coefficient (Wildman–Crippen LogP) is 25.0. The van der Waals surface area contributed by atoms with Crippen molar-refractivity contribution in [3.63, 3.8) is 0 Å². The first kappa shape index (κ1) is 103. The number of phosphoric ester groups is 2. The van der Waals surface area contributed by atoms with Gasteiger partial charge < -0.3 is 33.8 Å². The van der Waals surface area contributed by atoms with Crippen LogP contribution in [0.25, 0.3) is 0 Å². The van der Waals surface area contributed by atoms with Crippen LogP contribution in [0.3, 0.4) is 0 Å². The summed E-state index contributed by atoms with van der Waals surface area (Å²) in [5.74, 6) is -2.37. The highest BCUT2D eigenvalue weighted by atomic mass is 31.2. The Labute approximate surface area is 656 Å². The first-order valence-corrected chi connectivity index (χ1v) is 45.1.